The average Bonchev–Trinajstić information content (AvgIpc) is 2.29. The third-order valence-corrected chi connectivity index (χ3v) is 1.82. The number of halogens is 3. The fourth-order valence-corrected chi connectivity index (χ4v) is 1.05. The number of nitrogens with zero attached hydrogens (tertiary/aromatic N) is 2. The number of carbonyl (C=O) groups is 2. The summed E-state index contributed by atoms with van der Waals surface area (Å²) >= 11 is 0. The summed E-state index contributed by atoms with van der Waals surface area (Å²) in [5, 5.41) is 0. The van der Waals surface area contributed by atoms with Gasteiger partial charge < -0.3 is 5.53 Å². The molecule has 7 heteroatoms. The SMILES string of the molecule is [N-]=[N+]=C(C(=O)c1ccccc1)C(=O)C(F)(F)F. The smallest absolute Gasteiger partial charge is 0.360 e. The first-order valence-electron chi connectivity index (χ1n) is 4.31. The fraction of sp³-hybridized carbons (Fsp3) is 0.100. The van der Waals surface area contributed by atoms with Crippen LogP contribution in [0.2, 0.25) is 0 Å². The van der Waals surface area contributed by atoms with Gasteiger partial charge in [-0.3, -0.25) is 9.59 Å². The second-order valence-corrected chi connectivity index (χ2v) is 2.97. The quantitative estimate of drug-likeness (QED) is 0.266. The standard InChI is InChI=1S/C10H5F3N2O2/c11-10(12,13)9(17)7(15-14)8(16)6-4-2-1-3-5-6/h1-5H. The van der Waals surface area contributed by atoms with Gasteiger partial charge in [0.2, 0.25) is 0 Å². The molecule has 0 aliphatic rings. The average molecular weight is 242 g/mol. The summed E-state index contributed by atoms with van der Waals surface area (Å²) in [6.07, 6.45) is -5.26. The van der Waals surface area contributed by atoms with Gasteiger partial charge in [-0.2, -0.15) is 18.0 Å². The molecule has 0 radical (unpaired) electrons. The van der Waals surface area contributed by atoms with Gasteiger partial charge in [-0.05, 0) is 0 Å². The van der Waals surface area contributed by atoms with Crippen LogP contribution < -0.4 is 0 Å². The highest BCUT2D eigenvalue weighted by Crippen LogP contribution is 2.17. The van der Waals surface area contributed by atoms with Gasteiger partial charge in [0.1, 0.15) is 0 Å². The normalized spacial score (nSPS) is 10.5. The van der Waals surface area contributed by atoms with Crippen LogP contribution in [0, 0.1) is 0 Å². The zero-order chi connectivity index (χ0) is 13.1. The molecule has 0 bridgehead atoms. The van der Waals surface area contributed by atoms with Gasteiger partial charge in [-0.15, -0.1) is 0 Å². The fourth-order valence-electron chi connectivity index (χ4n) is 1.05. The summed E-state index contributed by atoms with van der Waals surface area (Å²) in [5.41, 5.74) is 6.62. The van der Waals surface area contributed by atoms with Crippen LogP contribution in [0.3, 0.4) is 0 Å². The lowest BCUT2D eigenvalue weighted by Gasteiger charge is -2.00. The van der Waals surface area contributed by atoms with Gasteiger partial charge in [0.15, 0.2) is 0 Å². The van der Waals surface area contributed by atoms with Crippen LogP contribution >= 0.6 is 0 Å². The van der Waals surface area contributed by atoms with Gasteiger partial charge in [0.05, 0.1) is 0 Å². The molecule has 1 rings (SSSR count). The third-order valence-electron chi connectivity index (χ3n) is 1.82. The molecule has 0 spiro atoms. The zero-order valence-corrected chi connectivity index (χ0v) is 8.23. The first-order chi connectivity index (χ1) is 7.88. The van der Waals surface area contributed by atoms with Crippen molar-refractivity contribution < 1.29 is 27.6 Å². The minimum absolute atomic E-state index is 0.169. The van der Waals surface area contributed by atoms with Crippen LogP contribution in [0.15, 0.2) is 30.3 Å². The van der Waals surface area contributed by atoms with Crippen LogP contribution in [-0.4, -0.2) is 28.2 Å². The monoisotopic (exact) mass is 242 g/mol. The highest BCUT2D eigenvalue weighted by Gasteiger charge is 2.49. The van der Waals surface area contributed by atoms with Crippen molar-refractivity contribution in [2.75, 3.05) is 0 Å². The molecule has 0 saturated carbocycles. The molecule has 0 aromatic heterocycles. The summed E-state index contributed by atoms with van der Waals surface area (Å²) < 4.78 is 36.2. The van der Waals surface area contributed by atoms with E-state index in [0.29, 0.717) is 0 Å². The van der Waals surface area contributed by atoms with E-state index >= 15 is 0 Å². The van der Waals surface area contributed by atoms with E-state index in [-0.39, 0.29) is 5.56 Å². The largest absolute Gasteiger partial charge is 0.462 e. The van der Waals surface area contributed by atoms with E-state index in [1.165, 1.54) is 30.3 Å². The van der Waals surface area contributed by atoms with E-state index in [4.69, 9.17) is 5.53 Å². The molecule has 0 saturated heterocycles. The molecule has 0 amide bonds. The lowest BCUT2D eigenvalue weighted by Crippen LogP contribution is -2.36. The van der Waals surface area contributed by atoms with Crippen molar-refractivity contribution in [2.24, 2.45) is 0 Å². The van der Waals surface area contributed by atoms with E-state index in [2.05, 4.69) is 4.79 Å². The van der Waals surface area contributed by atoms with Crippen molar-refractivity contribution in [1.29, 1.82) is 0 Å². The van der Waals surface area contributed by atoms with Crippen LogP contribution in [0.5, 0.6) is 0 Å². The summed E-state index contributed by atoms with van der Waals surface area (Å²) in [7, 11) is 0. The first-order valence-corrected chi connectivity index (χ1v) is 4.31. The van der Waals surface area contributed by atoms with Crippen molar-refractivity contribution in [3.63, 3.8) is 0 Å². The number of carbonyl (C=O) groups excluding carboxylic acids is 2. The van der Waals surface area contributed by atoms with E-state index in [1.807, 2.05) is 0 Å². The van der Waals surface area contributed by atoms with Crippen molar-refractivity contribution in [1.82, 2.24) is 0 Å². The zero-order valence-electron chi connectivity index (χ0n) is 8.23. The Kier molecular flexibility index (Phi) is 3.55. The van der Waals surface area contributed by atoms with Crippen LogP contribution in [-0.2, 0) is 4.79 Å². The van der Waals surface area contributed by atoms with Crippen molar-refractivity contribution in [3.05, 3.63) is 41.4 Å². The van der Waals surface area contributed by atoms with Crippen LogP contribution in [0.25, 0.3) is 5.53 Å². The highest BCUT2D eigenvalue weighted by molar-refractivity contribution is 6.68. The summed E-state index contributed by atoms with van der Waals surface area (Å²) in [6.45, 7) is 0. The molecule has 4 nitrogen and oxygen atoms in total. The minimum Gasteiger partial charge on any atom is -0.360 e. The topological polar surface area (TPSA) is 70.5 Å². The van der Waals surface area contributed by atoms with E-state index in [0.717, 1.165) is 0 Å². The predicted octanol–water partition coefficient (Wildman–Crippen LogP) is 1.67. The van der Waals surface area contributed by atoms with Gasteiger partial charge in [0, 0.05) is 5.56 Å². The Labute approximate surface area is 93.3 Å². The summed E-state index contributed by atoms with van der Waals surface area (Å²) in [6, 6.07) is 6.76. The highest BCUT2D eigenvalue weighted by atomic mass is 19.4. The number of rotatable bonds is 3. The molecule has 88 valence electrons. The number of hydrogen-bond donors (Lipinski definition) is 0. The second kappa shape index (κ2) is 4.71. The number of alkyl halides is 3. The van der Waals surface area contributed by atoms with Crippen molar-refractivity contribution in [2.45, 2.75) is 6.18 Å². The van der Waals surface area contributed by atoms with Crippen molar-refractivity contribution >= 4 is 17.3 Å². The van der Waals surface area contributed by atoms with Gasteiger partial charge in [-0.25, -0.2) is 0 Å². The van der Waals surface area contributed by atoms with E-state index in [9.17, 15) is 22.8 Å². The molecule has 0 unspecified atom stereocenters. The Morgan fingerprint density at radius 2 is 1.65 bits per heavy atom. The van der Waals surface area contributed by atoms with E-state index < -0.39 is 23.5 Å². The first kappa shape index (κ1) is 12.8. The number of benzene rings is 1. The summed E-state index contributed by atoms with van der Waals surface area (Å²) in [4.78, 5) is 24.4. The Bertz CT molecular complexity index is 502. The minimum atomic E-state index is -5.26. The molecule has 1 aromatic rings. The molecule has 0 atom stereocenters. The third kappa shape index (κ3) is 2.85. The van der Waals surface area contributed by atoms with Crippen molar-refractivity contribution in [3.8, 4) is 0 Å². The maximum Gasteiger partial charge on any atom is 0.462 e. The lowest BCUT2D eigenvalue weighted by atomic mass is 10.0. The molecule has 0 aliphatic carbocycles. The molecule has 17 heavy (non-hydrogen) atoms. The Balaban J connectivity index is 3.12. The van der Waals surface area contributed by atoms with Crippen LogP contribution in [0.4, 0.5) is 13.2 Å². The maximum absolute atomic E-state index is 12.1. The molecule has 0 fully saturated rings. The predicted molar refractivity (Wildman–Crippen MR) is 50.5 cm³/mol. The van der Waals surface area contributed by atoms with Gasteiger partial charge >= 0.3 is 17.7 Å². The molecule has 1 aromatic carbocycles. The molecule has 0 heterocycles. The lowest BCUT2D eigenvalue weighted by molar-refractivity contribution is -0.166. The number of hydrogen-bond acceptors (Lipinski definition) is 2. The number of Topliss-reactive ketones (excluding diaryl/α,β-unsaturated/α-hetero) is 2. The number of ketones is 2. The molecule has 0 N–H and O–H groups in total. The van der Waals surface area contributed by atoms with Gasteiger partial charge in [-0.1, -0.05) is 30.3 Å². The maximum atomic E-state index is 12.1. The van der Waals surface area contributed by atoms with E-state index in [1.54, 1.807) is 0 Å². The Morgan fingerprint density at radius 1 is 1.12 bits per heavy atom. The summed E-state index contributed by atoms with van der Waals surface area (Å²) in [5.74, 6) is -3.76. The second-order valence-electron chi connectivity index (χ2n) is 2.97. The Hall–Kier alpha value is -2.27. The molecular weight excluding hydrogens is 237 g/mol. The van der Waals surface area contributed by atoms with Gasteiger partial charge in [0.25, 0.3) is 5.78 Å². The van der Waals surface area contributed by atoms with Crippen LogP contribution in [0.1, 0.15) is 10.4 Å². The molecule has 0 aliphatic heterocycles. The molecular formula is C10H5F3N2O2. The Morgan fingerprint density at radius 3 is 2.06 bits per heavy atom.